The van der Waals surface area contributed by atoms with Crippen LogP contribution in [0.3, 0.4) is 0 Å². The summed E-state index contributed by atoms with van der Waals surface area (Å²) in [7, 11) is 1.56. The predicted octanol–water partition coefficient (Wildman–Crippen LogP) is 2.99. The second-order valence-corrected chi connectivity index (χ2v) is 9.46. The van der Waals surface area contributed by atoms with Crippen LogP contribution in [0.4, 0.5) is 5.69 Å². The minimum Gasteiger partial charge on any atom is -0.335 e. The fourth-order valence-corrected chi connectivity index (χ4v) is 5.23. The van der Waals surface area contributed by atoms with Crippen LogP contribution in [-0.2, 0) is 29.0 Å². The number of aryl methyl sites for hydroxylation is 2. The Morgan fingerprint density at radius 1 is 1.29 bits per heavy atom. The van der Waals surface area contributed by atoms with Crippen molar-refractivity contribution in [3.05, 3.63) is 57.0 Å². The number of fused-ring (bicyclic) bond motifs is 3. The number of rotatable bonds is 5. The number of carbonyl (C=O) groups is 2. The second kappa shape index (κ2) is 8.63. The maximum absolute atomic E-state index is 13.1. The van der Waals surface area contributed by atoms with Crippen LogP contribution in [0, 0.1) is 12.8 Å². The Balaban J connectivity index is 1.45. The molecular weight excluding hydrogens is 412 g/mol. The van der Waals surface area contributed by atoms with E-state index >= 15 is 0 Å². The molecule has 2 heterocycles. The van der Waals surface area contributed by atoms with Gasteiger partial charge in [0.2, 0.25) is 11.8 Å². The molecule has 1 aliphatic rings. The number of thiophene rings is 1. The standard InChI is InChI=1S/C23H26N4O3S/c1-14-4-7-16(8-5-14)25-19(28)11-26(3)20(29)12-27-13-24-22-21(23(27)30)17-9-6-15(2)10-18(17)31-22/h4-5,7-8,13,15H,6,9-12H2,1-3H3,(H,25,28)/t15-/m1/s1. The third kappa shape index (κ3) is 4.54. The summed E-state index contributed by atoms with van der Waals surface area (Å²) < 4.78 is 1.35. The average molecular weight is 439 g/mol. The van der Waals surface area contributed by atoms with Crippen LogP contribution in [0.5, 0.6) is 0 Å². The number of anilines is 1. The van der Waals surface area contributed by atoms with Gasteiger partial charge in [-0.1, -0.05) is 24.6 Å². The van der Waals surface area contributed by atoms with Crippen molar-refractivity contribution in [1.82, 2.24) is 14.5 Å². The molecule has 1 atom stereocenters. The Morgan fingerprint density at radius 2 is 2.03 bits per heavy atom. The third-order valence-electron chi connectivity index (χ3n) is 5.73. The number of carbonyl (C=O) groups excluding carboxylic acids is 2. The van der Waals surface area contributed by atoms with E-state index in [-0.39, 0.29) is 30.5 Å². The molecule has 0 radical (unpaired) electrons. The Kier molecular flexibility index (Phi) is 5.91. The van der Waals surface area contributed by atoms with Crippen molar-refractivity contribution in [3.63, 3.8) is 0 Å². The second-order valence-electron chi connectivity index (χ2n) is 8.37. The first-order valence-corrected chi connectivity index (χ1v) is 11.2. The lowest BCUT2D eigenvalue weighted by molar-refractivity contribution is -0.133. The molecule has 1 aliphatic carbocycles. The first-order valence-electron chi connectivity index (χ1n) is 10.4. The van der Waals surface area contributed by atoms with E-state index in [9.17, 15) is 14.4 Å². The fraction of sp³-hybridized carbons (Fsp3) is 0.391. The van der Waals surface area contributed by atoms with Gasteiger partial charge in [0.05, 0.1) is 18.3 Å². The molecule has 0 saturated carbocycles. The molecule has 2 aromatic heterocycles. The molecular formula is C23H26N4O3S. The van der Waals surface area contributed by atoms with Crippen molar-refractivity contribution in [2.45, 2.75) is 39.7 Å². The van der Waals surface area contributed by atoms with Gasteiger partial charge in [-0.2, -0.15) is 0 Å². The van der Waals surface area contributed by atoms with Crippen molar-refractivity contribution in [1.29, 1.82) is 0 Å². The molecule has 31 heavy (non-hydrogen) atoms. The summed E-state index contributed by atoms with van der Waals surface area (Å²) in [5.41, 5.74) is 2.70. The van der Waals surface area contributed by atoms with Gasteiger partial charge in [-0.25, -0.2) is 4.98 Å². The molecule has 0 bridgehead atoms. The molecule has 3 aromatic rings. The molecule has 7 nitrogen and oxygen atoms in total. The highest BCUT2D eigenvalue weighted by Crippen LogP contribution is 2.35. The molecule has 0 unspecified atom stereocenters. The van der Waals surface area contributed by atoms with E-state index < -0.39 is 0 Å². The maximum Gasteiger partial charge on any atom is 0.262 e. The molecule has 0 saturated heterocycles. The van der Waals surface area contributed by atoms with Gasteiger partial charge in [-0.05, 0) is 49.8 Å². The van der Waals surface area contributed by atoms with Crippen molar-refractivity contribution < 1.29 is 9.59 Å². The van der Waals surface area contributed by atoms with E-state index in [0.29, 0.717) is 17.0 Å². The smallest absolute Gasteiger partial charge is 0.262 e. The molecule has 2 amide bonds. The number of aromatic nitrogens is 2. The molecule has 0 spiro atoms. The Labute approximate surface area is 184 Å². The number of nitrogens with one attached hydrogen (secondary N) is 1. The van der Waals surface area contributed by atoms with Crippen LogP contribution in [-0.4, -0.2) is 39.9 Å². The first-order chi connectivity index (χ1) is 14.8. The third-order valence-corrected chi connectivity index (χ3v) is 6.89. The number of hydrogen-bond acceptors (Lipinski definition) is 5. The zero-order valence-corrected chi connectivity index (χ0v) is 18.8. The first kappa shape index (κ1) is 21.2. The van der Waals surface area contributed by atoms with E-state index in [1.54, 1.807) is 18.4 Å². The van der Waals surface area contributed by atoms with Gasteiger partial charge in [-0.3, -0.25) is 19.0 Å². The van der Waals surface area contributed by atoms with Gasteiger partial charge in [-0.15, -0.1) is 11.3 Å². The Hall–Kier alpha value is -3.00. The molecule has 1 aromatic carbocycles. The van der Waals surface area contributed by atoms with E-state index in [1.807, 2.05) is 31.2 Å². The lowest BCUT2D eigenvalue weighted by Crippen LogP contribution is -2.38. The topological polar surface area (TPSA) is 84.3 Å². The molecule has 4 rings (SSSR count). The molecule has 1 N–H and O–H groups in total. The summed E-state index contributed by atoms with van der Waals surface area (Å²) in [6, 6.07) is 7.45. The normalized spacial score (nSPS) is 15.5. The van der Waals surface area contributed by atoms with Gasteiger partial charge in [0, 0.05) is 17.6 Å². The minimum atomic E-state index is -0.319. The summed E-state index contributed by atoms with van der Waals surface area (Å²) in [5, 5.41) is 3.43. The van der Waals surface area contributed by atoms with E-state index in [2.05, 4.69) is 17.2 Å². The number of amides is 2. The van der Waals surface area contributed by atoms with Crippen molar-refractivity contribution in [2.24, 2.45) is 5.92 Å². The van der Waals surface area contributed by atoms with Gasteiger partial charge >= 0.3 is 0 Å². The highest BCUT2D eigenvalue weighted by atomic mass is 32.1. The average Bonchev–Trinajstić information content (AvgIpc) is 3.09. The van der Waals surface area contributed by atoms with Crippen LogP contribution in [0.25, 0.3) is 10.2 Å². The minimum absolute atomic E-state index is 0.0944. The highest BCUT2D eigenvalue weighted by molar-refractivity contribution is 7.18. The molecule has 162 valence electrons. The number of likely N-dealkylation sites (N-methyl/N-ethyl adjacent to an activating group) is 1. The molecule has 0 fully saturated rings. The van der Waals surface area contributed by atoms with Gasteiger partial charge < -0.3 is 10.2 Å². The van der Waals surface area contributed by atoms with Crippen molar-refractivity contribution in [2.75, 3.05) is 18.9 Å². The van der Waals surface area contributed by atoms with E-state index in [4.69, 9.17) is 0 Å². The summed E-state index contributed by atoms with van der Waals surface area (Å²) in [6.45, 7) is 3.96. The van der Waals surface area contributed by atoms with Crippen LogP contribution in [0.2, 0.25) is 0 Å². The van der Waals surface area contributed by atoms with Crippen LogP contribution in [0.1, 0.15) is 29.3 Å². The lowest BCUT2D eigenvalue weighted by Gasteiger charge is -2.18. The fourth-order valence-electron chi connectivity index (χ4n) is 3.89. The van der Waals surface area contributed by atoms with E-state index in [0.717, 1.165) is 35.2 Å². The largest absolute Gasteiger partial charge is 0.335 e. The number of nitrogens with zero attached hydrogens (tertiary/aromatic N) is 3. The van der Waals surface area contributed by atoms with Gasteiger partial charge in [0.15, 0.2) is 0 Å². The van der Waals surface area contributed by atoms with Crippen molar-refractivity contribution in [3.8, 4) is 0 Å². The molecule has 0 aliphatic heterocycles. The highest BCUT2D eigenvalue weighted by Gasteiger charge is 2.24. The summed E-state index contributed by atoms with van der Waals surface area (Å²) in [5.74, 6) is 0.00532. The quantitative estimate of drug-likeness (QED) is 0.664. The van der Waals surface area contributed by atoms with E-state index in [1.165, 1.54) is 20.7 Å². The van der Waals surface area contributed by atoms with Crippen LogP contribution < -0.4 is 10.9 Å². The van der Waals surface area contributed by atoms with Crippen LogP contribution >= 0.6 is 11.3 Å². The Morgan fingerprint density at radius 3 is 2.77 bits per heavy atom. The predicted molar refractivity (Wildman–Crippen MR) is 123 cm³/mol. The summed E-state index contributed by atoms with van der Waals surface area (Å²) >= 11 is 1.59. The number of hydrogen-bond donors (Lipinski definition) is 1. The summed E-state index contributed by atoms with van der Waals surface area (Å²) in [4.78, 5) is 45.8. The maximum atomic E-state index is 13.1. The van der Waals surface area contributed by atoms with Gasteiger partial charge in [0.25, 0.3) is 5.56 Å². The lowest BCUT2D eigenvalue weighted by atomic mass is 9.89. The monoisotopic (exact) mass is 438 g/mol. The number of benzene rings is 1. The summed E-state index contributed by atoms with van der Waals surface area (Å²) in [6.07, 6.45) is 4.36. The molecule has 8 heteroatoms. The van der Waals surface area contributed by atoms with Crippen molar-refractivity contribution >= 4 is 39.1 Å². The SMILES string of the molecule is Cc1ccc(NC(=O)CN(C)C(=O)Cn2cnc3sc4c(c3c2=O)CC[C@@H](C)C4)cc1. The Bertz CT molecular complexity index is 1200. The van der Waals surface area contributed by atoms with Gasteiger partial charge in [0.1, 0.15) is 11.4 Å². The zero-order chi connectivity index (χ0) is 22.1. The zero-order valence-electron chi connectivity index (χ0n) is 18.0. The van der Waals surface area contributed by atoms with Crippen LogP contribution in [0.15, 0.2) is 35.4 Å².